The fourth-order valence-electron chi connectivity index (χ4n) is 2.37. The fraction of sp³-hybridized carbons (Fsp3) is 0.571. The third kappa shape index (κ3) is 2.60. The van der Waals surface area contributed by atoms with E-state index in [4.69, 9.17) is 4.74 Å². The molecule has 94 valence electrons. The van der Waals surface area contributed by atoms with Crippen molar-refractivity contribution in [1.29, 1.82) is 0 Å². The summed E-state index contributed by atoms with van der Waals surface area (Å²) in [6, 6.07) is 8.80. The van der Waals surface area contributed by atoms with Crippen molar-refractivity contribution in [3.63, 3.8) is 0 Å². The lowest BCUT2D eigenvalue weighted by Gasteiger charge is -2.51. The molecule has 3 heteroatoms. The predicted molar refractivity (Wildman–Crippen MR) is 79.4 cm³/mol. The molecule has 1 aliphatic carbocycles. The summed E-state index contributed by atoms with van der Waals surface area (Å²) in [5.74, 6) is 1.01. The van der Waals surface area contributed by atoms with Crippen LogP contribution in [0.3, 0.4) is 0 Å². The lowest BCUT2D eigenvalue weighted by Crippen LogP contribution is -2.62. The van der Waals surface area contributed by atoms with Gasteiger partial charge >= 0.3 is 0 Å². The van der Waals surface area contributed by atoms with Crippen molar-refractivity contribution in [1.82, 2.24) is 5.32 Å². The smallest absolute Gasteiger partial charge is 0.133 e. The van der Waals surface area contributed by atoms with Crippen LogP contribution in [-0.2, 0) is 0 Å². The fourth-order valence-corrected chi connectivity index (χ4v) is 2.89. The normalized spacial score (nSPS) is 26.4. The van der Waals surface area contributed by atoms with Crippen LogP contribution in [0.4, 0.5) is 0 Å². The van der Waals surface area contributed by atoms with Gasteiger partial charge in [0.05, 0.1) is 3.57 Å². The highest BCUT2D eigenvalue weighted by molar-refractivity contribution is 14.1. The summed E-state index contributed by atoms with van der Waals surface area (Å²) in [5.41, 5.74) is 0.217. The van der Waals surface area contributed by atoms with Crippen molar-refractivity contribution in [2.45, 2.75) is 39.3 Å². The molecule has 2 rings (SSSR count). The van der Waals surface area contributed by atoms with Crippen molar-refractivity contribution in [3.05, 3.63) is 27.8 Å². The van der Waals surface area contributed by atoms with Gasteiger partial charge in [-0.2, -0.15) is 0 Å². The maximum absolute atomic E-state index is 6.13. The first-order valence-electron chi connectivity index (χ1n) is 6.20. The zero-order chi connectivity index (χ0) is 12.5. The van der Waals surface area contributed by atoms with E-state index in [9.17, 15) is 0 Å². The summed E-state index contributed by atoms with van der Waals surface area (Å²) in [5, 5.41) is 3.52. The number of ether oxygens (including phenoxy) is 1. The monoisotopic (exact) mass is 345 g/mol. The zero-order valence-electron chi connectivity index (χ0n) is 10.7. The summed E-state index contributed by atoms with van der Waals surface area (Å²) >= 11 is 2.33. The lowest BCUT2D eigenvalue weighted by molar-refractivity contribution is -0.0545. The quantitative estimate of drug-likeness (QED) is 0.844. The van der Waals surface area contributed by atoms with Gasteiger partial charge in [0.25, 0.3) is 0 Å². The highest BCUT2D eigenvalue weighted by Gasteiger charge is 2.49. The maximum atomic E-state index is 6.13. The Labute approximate surface area is 117 Å². The molecule has 2 atom stereocenters. The minimum atomic E-state index is 0.217. The van der Waals surface area contributed by atoms with Crippen LogP contribution in [0.25, 0.3) is 0 Å². The van der Waals surface area contributed by atoms with Gasteiger partial charge in [0, 0.05) is 17.9 Å². The minimum Gasteiger partial charge on any atom is -0.489 e. The van der Waals surface area contributed by atoms with Crippen molar-refractivity contribution in [2.24, 2.45) is 5.41 Å². The van der Waals surface area contributed by atoms with Crippen molar-refractivity contribution >= 4 is 22.6 Å². The van der Waals surface area contributed by atoms with Crippen LogP contribution >= 0.6 is 22.6 Å². The zero-order valence-corrected chi connectivity index (χ0v) is 12.8. The Morgan fingerprint density at radius 2 is 2.12 bits per heavy atom. The van der Waals surface area contributed by atoms with Crippen LogP contribution in [0.2, 0.25) is 0 Å². The molecule has 0 spiro atoms. The molecule has 1 aliphatic rings. The second kappa shape index (κ2) is 5.14. The van der Waals surface area contributed by atoms with Crippen LogP contribution < -0.4 is 10.1 Å². The summed E-state index contributed by atoms with van der Waals surface area (Å²) in [6.45, 7) is 7.75. The van der Waals surface area contributed by atoms with Crippen LogP contribution in [-0.4, -0.2) is 18.7 Å². The molecule has 1 aromatic carbocycles. The molecule has 1 fully saturated rings. The number of rotatable bonds is 4. The van der Waals surface area contributed by atoms with Gasteiger partial charge in [-0.15, -0.1) is 0 Å². The Hall–Kier alpha value is -0.290. The number of hydrogen-bond donors (Lipinski definition) is 1. The topological polar surface area (TPSA) is 21.3 Å². The SMILES string of the molecule is CCNC1CC(Oc2ccccc2I)C1(C)C. The standard InChI is InChI=1S/C14H20INO/c1-4-16-12-9-13(14(12,2)3)17-11-8-6-5-7-10(11)15/h5-8,12-13,16H,4,9H2,1-3H3. The molecule has 0 aromatic heterocycles. The highest BCUT2D eigenvalue weighted by Crippen LogP contribution is 2.43. The Morgan fingerprint density at radius 1 is 1.41 bits per heavy atom. The minimum absolute atomic E-state index is 0.217. The van der Waals surface area contributed by atoms with E-state index in [-0.39, 0.29) is 5.41 Å². The van der Waals surface area contributed by atoms with Crippen LogP contribution in [0, 0.1) is 8.99 Å². The van der Waals surface area contributed by atoms with Gasteiger partial charge in [-0.1, -0.05) is 32.9 Å². The summed E-state index contributed by atoms with van der Waals surface area (Å²) in [4.78, 5) is 0. The average Bonchev–Trinajstić information content (AvgIpc) is 2.30. The van der Waals surface area contributed by atoms with E-state index in [0.29, 0.717) is 12.1 Å². The summed E-state index contributed by atoms with van der Waals surface area (Å²) in [6.07, 6.45) is 1.42. The molecular formula is C14H20INO. The first kappa shape index (κ1) is 13.1. The molecule has 0 amide bonds. The van der Waals surface area contributed by atoms with Gasteiger partial charge < -0.3 is 10.1 Å². The third-order valence-corrected chi connectivity index (χ3v) is 4.63. The Bertz CT molecular complexity index is 392. The molecule has 2 nitrogen and oxygen atoms in total. The van der Waals surface area contributed by atoms with Crippen molar-refractivity contribution < 1.29 is 4.74 Å². The van der Waals surface area contributed by atoms with Gasteiger partial charge in [-0.05, 0) is 41.3 Å². The molecule has 1 saturated carbocycles. The predicted octanol–water partition coefficient (Wildman–Crippen LogP) is 3.45. The van der Waals surface area contributed by atoms with E-state index in [1.807, 2.05) is 12.1 Å². The van der Waals surface area contributed by atoms with E-state index < -0.39 is 0 Å². The van der Waals surface area contributed by atoms with Gasteiger partial charge in [0.15, 0.2) is 0 Å². The molecule has 1 aromatic rings. The molecule has 0 radical (unpaired) electrons. The molecule has 1 N–H and O–H groups in total. The molecule has 17 heavy (non-hydrogen) atoms. The number of hydrogen-bond acceptors (Lipinski definition) is 2. The molecular weight excluding hydrogens is 325 g/mol. The van der Waals surface area contributed by atoms with E-state index in [1.165, 1.54) is 3.57 Å². The second-order valence-electron chi connectivity index (χ2n) is 5.20. The van der Waals surface area contributed by atoms with Gasteiger partial charge in [-0.3, -0.25) is 0 Å². The van der Waals surface area contributed by atoms with Crippen LogP contribution in [0.5, 0.6) is 5.75 Å². The van der Waals surface area contributed by atoms with Crippen LogP contribution in [0.1, 0.15) is 27.2 Å². The molecule has 0 heterocycles. The molecule has 0 bridgehead atoms. The first-order chi connectivity index (χ1) is 8.05. The number of benzene rings is 1. The molecule has 2 unspecified atom stereocenters. The Balaban J connectivity index is 2.01. The number of para-hydroxylation sites is 1. The largest absolute Gasteiger partial charge is 0.489 e. The second-order valence-corrected chi connectivity index (χ2v) is 6.37. The van der Waals surface area contributed by atoms with Gasteiger partial charge in [0.1, 0.15) is 11.9 Å². The van der Waals surface area contributed by atoms with Crippen molar-refractivity contribution in [3.8, 4) is 5.75 Å². The Kier molecular flexibility index (Phi) is 3.98. The van der Waals surface area contributed by atoms with Crippen LogP contribution in [0.15, 0.2) is 24.3 Å². The maximum Gasteiger partial charge on any atom is 0.133 e. The molecule has 0 saturated heterocycles. The highest BCUT2D eigenvalue weighted by atomic mass is 127. The number of halogens is 1. The lowest BCUT2D eigenvalue weighted by atomic mass is 9.64. The Morgan fingerprint density at radius 3 is 2.71 bits per heavy atom. The van der Waals surface area contributed by atoms with E-state index >= 15 is 0 Å². The average molecular weight is 345 g/mol. The van der Waals surface area contributed by atoms with Gasteiger partial charge in [-0.25, -0.2) is 0 Å². The summed E-state index contributed by atoms with van der Waals surface area (Å²) < 4.78 is 7.31. The van der Waals surface area contributed by atoms with E-state index in [0.717, 1.165) is 18.7 Å². The third-order valence-electron chi connectivity index (χ3n) is 3.73. The van der Waals surface area contributed by atoms with Crippen molar-refractivity contribution in [2.75, 3.05) is 6.54 Å². The first-order valence-corrected chi connectivity index (χ1v) is 7.28. The molecule has 0 aliphatic heterocycles. The number of nitrogens with one attached hydrogen (secondary N) is 1. The summed E-state index contributed by atoms with van der Waals surface area (Å²) in [7, 11) is 0. The van der Waals surface area contributed by atoms with E-state index in [2.05, 4.69) is 60.8 Å². The van der Waals surface area contributed by atoms with E-state index in [1.54, 1.807) is 0 Å². The van der Waals surface area contributed by atoms with Gasteiger partial charge in [0.2, 0.25) is 0 Å².